The average molecular weight is 258 g/mol. The second-order valence-corrected chi connectivity index (χ2v) is 5.13. The topological polar surface area (TPSA) is 38.0 Å². The Labute approximate surface area is 109 Å². The van der Waals surface area contributed by atoms with Crippen molar-refractivity contribution in [2.24, 2.45) is 0 Å². The number of thiophene rings is 1. The van der Waals surface area contributed by atoms with Gasteiger partial charge in [-0.1, -0.05) is 18.2 Å². The SMILES string of the molecule is CCn1cc(C(O)c2cccc3ccsc23)cn1. The first kappa shape index (κ1) is 11.4. The van der Waals surface area contributed by atoms with Crippen molar-refractivity contribution in [2.45, 2.75) is 19.6 Å². The van der Waals surface area contributed by atoms with E-state index < -0.39 is 6.10 Å². The van der Waals surface area contributed by atoms with E-state index in [0.717, 1.165) is 22.4 Å². The Balaban J connectivity index is 2.05. The number of hydrogen-bond donors (Lipinski definition) is 1. The van der Waals surface area contributed by atoms with E-state index in [1.165, 1.54) is 5.39 Å². The summed E-state index contributed by atoms with van der Waals surface area (Å²) in [6, 6.07) is 8.11. The largest absolute Gasteiger partial charge is 0.383 e. The summed E-state index contributed by atoms with van der Waals surface area (Å²) in [7, 11) is 0. The second kappa shape index (κ2) is 4.55. The minimum Gasteiger partial charge on any atom is -0.383 e. The van der Waals surface area contributed by atoms with E-state index in [1.807, 2.05) is 29.9 Å². The monoisotopic (exact) mass is 258 g/mol. The van der Waals surface area contributed by atoms with Crippen molar-refractivity contribution in [3.63, 3.8) is 0 Å². The molecule has 1 aromatic carbocycles. The maximum absolute atomic E-state index is 10.5. The summed E-state index contributed by atoms with van der Waals surface area (Å²) in [5.74, 6) is 0. The summed E-state index contributed by atoms with van der Waals surface area (Å²) in [6.07, 6.45) is 3.03. The number of rotatable bonds is 3. The van der Waals surface area contributed by atoms with E-state index in [4.69, 9.17) is 0 Å². The van der Waals surface area contributed by atoms with Crippen molar-refractivity contribution in [3.05, 3.63) is 53.2 Å². The van der Waals surface area contributed by atoms with Gasteiger partial charge >= 0.3 is 0 Å². The van der Waals surface area contributed by atoms with Crippen molar-refractivity contribution in [1.82, 2.24) is 9.78 Å². The molecule has 3 nitrogen and oxygen atoms in total. The Morgan fingerprint density at radius 3 is 3.06 bits per heavy atom. The van der Waals surface area contributed by atoms with Gasteiger partial charge in [0.15, 0.2) is 0 Å². The van der Waals surface area contributed by atoms with Gasteiger partial charge in [0.25, 0.3) is 0 Å². The van der Waals surface area contributed by atoms with Gasteiger partial charge in [-0.05, 0) is 23.8 Å². The molecule has 2 heterocycles. The maximum atomic E-state index is 10.5. The first-order chi connectivity index (χ1) is 8.79. The molecule has 4 heteroatoms. The van der Waals surface area contributed by atoms with E-state index >= 15 is 0 Å². The smallest absolute Gasteiger partial charge is 0.108 e. The van der Waals surface area contributed by atoms with Crippen molar-refractivity contribution < 1.29 is 5.11 Å². The van der Waals surface area contributed by atoms with Crippen LogP contribution < -0.4 is 0 Å². The first-order valence-corrected chi connectivity index (χ1v) is 6.84. The van der Waals surface area contributed by atoms with E-state index in [1.54, 1.807) is 17.5 Å². The molecule has 0 radical (unpaired) electrons. The molecule has 2 aromatic heterocycles. The molecule has 18 heavy (non-hydrogen) atoms. The molecule has 0 fully saturated rings. The Morgan fingerprint density at radius 1 is 1.39 bits per heavy atom. The molecule has 1 N–H and O–H groups in total. The lowest BCUT2D eigenvalue weighted by Gasteiger charge is -2.09. The third-order valence-electron chi connectivity index (χ3n) is 3.10. The lowest BCUT2D eigenvalue weighted by atomic mass is 10.0. The molecule has 0 spiro atoms. The summed E-state index contributed by atoms with van der Waals surface area (Å²) in [5.41, 5.74) is 1.80. The number of nitrogens with zero attached hydrogens (tertiary/aromatic N) is 2. The number of aliphatic hydroxyl groups is 1. The van der Waals surface area contributed by atoms with Crippen molar-refractivity contribution in [1.29, 1.82) is 0 Å². The minimum absolute atomic E-state index is 0.604. The summed E-state index contributed by atoms with van der Waals surface area (Å²) in [4.78, 5) is 0. The molecule has 92 valence electrons. The van der Waals surface area contributed by atoms with Gasteiger partial charge in [0, 0.05) is 28.6 Å². The van der Waals surface area contributed by atoms with Gasteiger partial charge in [-0.3, -0.25) is 4.68 Å². The Hall–Kier alpha value is -1.65. The van der Waals surface area contributed by atoms with Crippen LogP contribution in [-0.4, -0.2) is 14.9 Å². The molecule has 0 amide bonds. The Bertz CT molecular complexity index is 671. The van der Waals surface area contributed by atoms with Crippen LogP contribution in [0.15, 0.2) is 42.0 Å². The highest BCUT2D eigenvalue weighted by Gasteiger charge is 2.15. The van der Waals surface area contributed by atoms with Crippen LogP contribution in [0.5, 0.6) is 0 Å². The fourth-order valence-corrected chi connectivity index (χ4v) is 3.04. The standard InChI is InChI=1S/C14H14N2OS/c1-2-16-9-11(8-15-16)13(17)12-5-3-4-10-6-7-18-14(10)12/h3-9,13,17H,2H2,1H3. The molecule has 0 aliphatic heterocycles. The number of fused-ring (bicyclic) bond motifs is 1. The predicted octanol–water partition coefficient (Wildman–Crippen LogP) is 3.20. The molecule has 0 bridgehead atoms. The number of aryl methyl sites for hydroxylation is 1. The highest BCUT2D eigenvalue weighted by Crippen LogP contribution is 2.31. The van der Waals surface area contributed by atoms with Crippen LogP contribution in [0, 0.1) is 0 Å². The van der Waals surface area contributed by atoms with Gasteiger partial charge in [0.05, 0.1) is 6.20 Å². The van der Waals surface area contributed by atoms with E-state index in [0.29, 0.717) is 0 Å². The van der Waals surface area contributed by atoms with E-state index in [-0.39, 0.29) is 0 Å². The van der Waals surface area contributed by atoms with Gasteiger partial charge in [-0.15, -0.1) is 11.3 Å². The average Bonchev–Trinajstić information content (AvgIpc) is 3.05. The van der Waals surface area contributed by atoms with Crippen LogP contribution in [-0.2, 0) is 6.54 Å². The fourth-order valence-electron chi connectivity index (χ4n) is 2.10. The fraction of sp³-hybridized carbons (Fsp3) is 0.214. The normalized spacial score (nSPS) is 13.0. The van der Waals surface area contributed by atoms with Crippen LogP contribution >= 0.6 is 11.3 Å². The molecule has 0 saturated carbocycles. The number of hydrogen-bond acceptors (Lipinski definition) is 3. The molecular weight excluding hydrogens is 244 g/mol. The lowest BCUT2D eigenvalue weighted by molar-refractivity contribution is 0.222. The molecule has 0 aliphatic rings. The zero-order chi connectivity index (χ0) is 12.5. The third-order valence-corrected chi connectivity index (χ3v) is 4.08. The predicted molar refractivity (Wildman–Crippen MR) is 73.8 cm³/mol. The summed E-state index contributed by atoms with van der Waals surface area (Å²) < 4.78 is 2.97. The van der Waals surface area contributed by atoms with E-state index in [9.17, 15) is 5.11 Å². The zero-order valence-electron chi connectivity index (χ0n) is 10.1. The maximum Gasteiger partial charge on any atom is 0.108 e. The van der Waals surface area contributed by atoms with Crippen molar-refractivity contribution in [2.75, 3.05) is 0 Å². The summed E-state index contributed by atoms with van der Waals surface area (Å²) in [6.45, 7) is 2.85. The molecule has 3 aromatic rings. The highest BCUT2D eigenvalue weighted by atomic mass is 32.1. The molecule has 3 rings (SSSR count). The molecule has 0 aliphatic carbocycles. The van der Waals surface area contributed by atoms with E-state index in [2.05, 4.69) is 22.6 Å². The third kappa shape index (κ3) is 1.83. The van der Waals surface area contributed by atoms with Gasteiger partial charge in [0.1, 0.15) is 6.10 Å². The highest BCUT2D eigenvalue weighted by molar-refractivity contribution is 7.17. The molecule has 1 atom stereocenters. The van der Waals surface area contributed by atoms with Crippen LogP contribution in [0.3, 0.4) is 0 Å². The lowest BCUT2D eigenvalue weighted by Crippen LogP contribution is -1.98. The number of aliphatic hydroxyl groups excluding tert-OH is 1. The Morgan fingerprint density at radius 2 is 2.28 bits per heavy atom. The Kier molecular flexibility index (Phi) is 2.89. The molecule has 1 unspecified atom stereocenters. The summed E-state index contributed by atoms with van der Waals surface area (Å²) >= 11 is 1.66. The summed E-state index contributed by atoms with van der Waals surface area (Å²) in [5, 5.41) is 17.9. The van der Waals surface area contributed by atoms with Gasteiger partial charge < -0.3 is 5.11 Å². The van der Waals surface area contributed by atoms with Crippen molar-refractivity contribution in [3.8, 4) is 0 Å². The quantitative estimate of drug-likeness (QED) is 0.783. The molecular formula is C14H14N2OS. The second-order valence-electron chi connectivity index (χ2n) is 4.22. The van der Waals surface area contributed by atoms with Crippen molar-refractivity contribution >= 4 is 21.4 Å². The minimum atomic E-state index is -0.604. The van der Waals surface area contributed by atoms with Gasteiger partial charge in [-0.25, -0.2) is 0 Å². The molecule has 0 saturated heterocycles. The first-order valence-electron chi connectivity index (χ1n) is 5.96. The zero-order valence-corrected chi connectivity index (χ0v) is 10.9. The van der Waals surface area contributed by atoms with Gasteiger partial charge in [-0.2, -0.15) is 5.10 Å². The van der Waals surface area contributed by atoms with Crippen LogP contribution in [0.25, 0.3) is 10.1 Å². The van der Waals surface area contributed by atoms with Crippen LogP contribution in [0.1, 0.15) is 24.2 Å². The van der Waals surface area contributed by atoms with Gasteiger partial charge in [0.2, 0.25) is 0 Å². The number of benzene rings is 1. The number of aromatic nitrogens is 2. The van der Waals surface area contributed by atoms with Crippen LogP contribution in [0.2, 0.25) is 0 Å². The van der Waals surface area contributed by atoms with Crippen LogP contribution in [0.4, 0.5) is 0 Å².